The number of likely N-dealkylation sites (tertiary alicyclic amines) is 1. The molecule has 0 spiro atoms. The summed E-state index contributed by atoms with van der Waals surface area (Å²) in [5, 5.41) is 9.58. The first-order chi connectivity index (χ1) is 13.6. The van der Waals surface area contributed by atoms with E-state index in [0.717, 1.165) is 61.3 Å². The summed E-state index contributed by atoms with van der Waals surface area (Å²) < 4.78 is 13.4. The third-order valence-electron chi connectivity index (χ3n) is 5.56. The molecule has 0 unspecified atom stereocenters. The second-order valence-corrected chi connectivity index (χ2v) is 8.76. The number of carbonyl (C=O) groups excluding carboxylic acids is 1. The maximum absolute atomic E-state index is 12.7. The number of aromatic nitrogens is 3. The summed E-state index contributed by atoms with van der Waals surface area (Å²) in [6.07, 6.45) is 6.26. The fourth-order valence-corrected chi connectivity index (χ4v) is 4.85. The van der Waals surface area contributed by atoms with Crippen molar-refractivity contribution in [1.29, 1.82) is 0 Å². The predicted molar refractivity (Wildman–Crippen MR) is 107 cm³/mol. The molecule has 4 heterocycles. The molecule has 7 nitrogen and oxygen atoms in total. The molecular weight excluding hydrogens is 376 g/mol. The first kappa shape index (κ1) is 19.5. The van der Waals surface area contributed by atoms with Gasteiger partial charge in [-0.2, -0.15) is 0 Å². The van der Waals surface area contributed by atoms with Crippen LogP contribution in [0.3, 0.4) is 0 Å². The van der Waals surface area contributed by atoms with Crippen LogP contribution in [0.25, 0.3) is 11.4 Å². The molecule has 0 saturated carbocycles. The van der Waals surface area contributed by atoms with Crippen molar-refractivity contribution in [3.8, 4) is 11.4 Å². The molecule has 0 radical (unpaired) electrons. The largest absolute Gasteiger partial charge is 0.469 e. The number of ether oxygens (including phenoxy) is 1. The Hall–Kier alpha value is -1.80. The van der Waals surface area contributed by atoms with Gasteiger partial charge >= 0.3 is 0 Å². The summed E-state index contributed by atoms with van der Waals surface area (Å²) in [6.45, 7) is 7.37. The highest BCUT2D eigenvalue weighted by atomic mass is 32.2. The fraction of sp³-hybridized carbons (Fsp3) is 0.650. The number of amides is 1. The topological polar surface area (TPSA) is 73.4 Å². The summed E-state index contributed by atoms with van der Waals surface area (Å²) in [5.41, 5.74) is 0.938. The van der Waals surface area contributed by atoms with E-state index in [1.54, 1.807) is 6.26 Å². The molecule has 2 aromatic rings. The standard InChI is InChI=1S/C20H28N4O3S/c1-14-5-3-8-23(11-14)18(25)13-28-20-22-21-19(17-7-10-26-15(17)2)24(20)12-16-6-4-9-27-16/h7,10,14,16H,3-6,8-9,11-13H2,1-2H3/t14-,16-/m1/s1. The lowest BCUT2D eigenvalue weighted by Crippen LogP contribution is -2.40. The Labute approximate surface area is 169 Å². The summed E-state index contributed by atoms with van der Waals surface area (Å²) in [5.74, 6) is 2.76. The highest BCUT2D eigenvalue weighted by Gasteiger charge is 2.25. The number of furan rings is 1. The van der Waals surface area contributed by atoms with E-state index in [0.29, 0.717) is 18.2 Å². The third kappa shape index (κ3) is 4.27. The highest BCUT2D eigenvalue weighted by Crippen LogP contribution is 2.29. The lowest BCUT2D eigenvalue weighted by atomic mass is 10.0. The molecule has 2 aromatic heterocycles. The zero-order chi connectivity index (χ0) is 19.5. The molecule has 2 fully saturated rings. The molecular formula is C20H28N4O3S. The molecule has 0 bridgehead atoms. The summed E-state index contributed by atoms with van der Waals surface area (Å²) in [4.78, 5) is 14.7. The average molecular weight is 405 g/mol. The van der Waals surface area contributed by atoms with Gasteiger partial charge in [-0.05, 0) is 44.6 Å². The first-order valence-corrected chi connectivity index (χ1v) is 11.1. The van der Waals surface area contributed by atoms with Crippen molar-refractivity contribution in [2.45, 2.75) is 57.3 Å². The minimum atomic E-state index is 0.167. The van der Waals surface area contributed by atoms with Gasteiger partial charge in [0.05, 0.1) is 30.2 Å². The highest BCUT2D eigenvalue weighted by molar-refractivity contribution is 7.99. The Morgan fingerprint density at radius 2 is 2.21 bits per heavy atom. The van der Waals surface area contributed by atoms with Gasteiger partial charge < -0.3 is 14.1 Å². The van der Waals surface area contributed by atoms with Crippen LogP contribution in [0.5, 0.6) is 0 Å². The second-order valence-electron chi connectivity index (χ2n) is 7.82. The zero-order valence-electron chi connectivity index (χ0n) is 16.6. The molecule has 2 aliphatic rings. The Bertz CT molecular complexity index is 812. The number of thioether (sulfide) groups is 1. The van der Waals surface area contributed by atoms with Gasteiger partial charge in [0, 0.05) is 19.7 Å². The van der Waals surface area contributed by atoms with E-state index >= 15 is 0 Å². The Morgan fingerprint density at radius 1 is 1.32 bits per heavy atom. The normalized spacial score (nSPS) is 22.7. The van der Waals surface area contributed by atoms with Crippen molar-refractivity contribution in [3.63, 3.8) is 0 Å². The quantitative estimate of drug-likeness (QED) is 0.687. The van der Waals surface area contributed by atoms with Crippen LogP contribution in [0.2, 0.25) is 0 Å². The molecule has 0 aliphatic carbocycles. The molecule has 0 N–H and O–H groups in total. The number of hydrogen-bond acceptors (Lipinski definition) is 6. The number of carbonyl (C=O) groups is 1. The monoisotopic (exact) mass is 404 g/mol. The van der Waals surface area contributed by atoms with Gasteiger partial charge in [0.15, 0.2) is 11.0 Å². The van der Waals surface area contributed by atoms with Crippen LogP contribution in [0.15, 0.2) is 21.9 Å². The van der Waals surface area contributed by atoms with Gasteiger partial charge in [0.1, 0.15) is 5.76 Å². The molecule has 1 amide bonds. The molecule has 2 atom stereocenters. The van der Waals surface area contributed by atoms with Crippen molar-refractivity contribution in [2.24, 2.45) is 5.92 Å². The van der Waals surface area contributed by atoms with Crippen molar-refractivity contribution in [3.05, 3.63) is 18.1 Å². The molecule has 28 heavy (non-hydrogen) atoms. The Morgan fingerprint density at radius 3 is 2.93 bits per heavy atom. The van der Waals surface area contributed by atoms with E-state index < -0.39 is 0 Å². The molecule has 0 aromatic carbocycles. The summed E-state index contributed by atoms with van der Waals surface area (Å²) >= 11 is 1.47. The van der Waals surface area contributed by atoms with Gasteiger partial charge in [-0.3, -0.25) is 9.36 Å². The van der Waals surface area contributed by atoms with Gasteiger partial charge in [-0.15, -0.1) is 10.2 Å². The summed E-state index contributed by atoms with van der Waals surface area (Å²) in [7, 11) is 0. The molecule has 2 aliphatic heterocycles. The van der Waals surface area contributed by atoms with Gasteiger partial charge in [0.25, 0.3) is 0 Å². The summed E-state index contributed by atoms with van der Waals surface area (Å²) in [6, 6.07) is 1.92. The lowest BCUT2D eigenvalue weighted by Gasteiger charge is -2.30. The van der Waals surface area contributed by atoms with E-state index in [1.165, 1.54) is 18.2 Å². The van der Waals surface area contributed by atoms with E-state index in [4.69, 9.17) is 9.15 Å². The van der Waals surface area contributed by atoms with Crippen molar-refractivity contribution in [1.82, 2.24) is 19.7 Å². The lowest BCUT2D eigenvalue weighted by molar-refractivity contribution is -0.130. The van der Waals surface area contributed by atoms with Gasteiger partial charge in [-0.25, -0.2) is 0 Å². The van der Waals surface area contributed by atoms with E-state index in [9.17, 15) is 4.79 Å². The van der Waals surface area contributed by atoms with E-state index in [-0.39, 0.29) is 12.0 Å². The van der Waals surface area contributed by atoms with Crippen LogP contribution in [-0.2, 0) is 16.1 Å². The predicted octanol–water partition coefficient (Wildman–Crippen LogP) is 3.38. The number of piperidine rings is 1. The van der Waals surface area contributed by atoms with Gasteiger partial charge in [-0.1, -0.05) is 18.7 Å². The van der Waals surface area contributed by atoms with Crippen molar-refractivity contribution in [2.75, 3.05) is 25.4 Å². The maximum atomic E-state index is 12.7. The molecule has 2 saturated heterocycles. The van der Waals surface area contributed by atoms with Gasteiger partial charge in [0.2, 0.25) is 5.91 Å². The fourth-order valence-electron chi connectivity index (χ4n) is 4.00. The number of nitrogens with zero attached hydrogens (tertiary/aromatic N) is 4. The van der Waals surface area contributed by atoms with Crippen LogP contribution in [0.4, 0.5) is 0 Å². The molecule has 152 valence electrons. The third-order valence-corrected chi connectivity index (χ3v) is 6.51. The van der Waals surface area contributed by atoms with Crippen LogP contribution in [0, 0.1) is 12.8 Å². The van der Waals surface area contributed by atoms with Crippen LogP contribution < -0.4 is 0 Å². The molecule has 8 heteroatoms. The van der Waals surface area contributed by atoms with E-state index in [1.807, 2.05) is 17.9 Å². The Kier molecular flexibility index (Phi) is 6.06. The van der Waals surface area contributed by atoms with Crippen molar-refractivity contribution >= 4 is 17.7 Å². The number of rotatable bonds is 6. The van der Waals surface area contributed by atoms with Crippen LogP contribution in [0.1, 0.15) is 38.4 Å². The number of aryl methyl sites for hydroxylation is 1. The van der Waals surface area contributed by atoms with Crippen LogP contribution >= 0.6 is 11.8 Å². The maximum Gasteiger partial charge on any atom is 0.233 e. The minimum Gasteiger partial charge on any atom is -0.469 e. The SMILES string of the molecule is Cc1occc1-c1nnc(SCC(=O)N2CCC[C@@H](C)C2)n1C[C@H]1CCCO1. The first-order valence-electron chi connectivity index (χ1n) is 10.1. The van der Waals surface area contributed by atoms with Crippen LogP contribution in [-0.4, -0.2) is 57.1 Å². The zero-order valence-corrected chi connectivity index (χ0v) is 17.4. The Balaban J connectivity index is 1.50. The second kappa shape index (κ2) is 8.69. The molecule has 4 rings (SSSR count). The minimum absolute atomic E-state index is 0.167. The van der Waals surface area contributed by atoms with Crippen molar-refractivity contribution < 1.29 is 13.9 Å². The average Bonchev–Trinajstić information content (AvgIpc) is 3.42. The van der Waals surface area contributed by atoms with E-state index in [2.05, 4.69) is 21.7 Å². The number of hydrogen-bond donors (Lipinski definition) is 0. The smallest absolute Gasteiger partial charge is 0.233 e.